The van der Waals surface area contributed by atoms with E-state index in [1.54, 1.807) is 0 Å². The third-order valence-corrected chi connectivity index (χ3v) is 2.85. The Labute approximate surface area is 108 Å². The van der Waals surface area contributed by atoms with Crippen LogP contribution in [0.4, 0.5) is 4.79 Å². The van der Waals surface area contributed by atoms with Crippen LogP contribution in [0.1, 0.15) is 52.9 Å². The number of hydrogen-bond donors (Lipinski definition) is 0. The largest absolute Gasteiger partial charge is 0.511 e. The highest BCUT2D eigenvalue weighted by molar-refractivity contribution is 5.66. The minimum Gasteiger partial charge on any atom is -0.431 e. The summed E-state index contributed by atoms with van der Waals surface area (Å²) in [5.74, 6) is -0.577. The Morgan fingerprint density at radius 1 is 1.06 bits per heavy atom. The lowest BCUT2D eigenvalue weighted by molar-refractivity contribution is -0.178. The fraction of sp³-hybridized carbons (Fsp3) is 0.846. The summed E-state index contributed by atoms with van der Waals surface area (Å²) in [6.45, 7) is 4.90. The molecule has 0 amide bonds. The van der Waals surface area contributed by atoms with Crippen LogP contribution in [0.3, 0.4) is 0 Å². The Balaban J connectivity index is 2.37. The topological polar surface area (TPSA) is 61.8 Å². The van der Waals surface area contributed by atoms with Crippen molar-refractivity contribution in [1.29, 1.82) is 0 Å². The second-order valence-corrected chi connectivity index (χ2v) is 4.97. The van der Waals surface area contributed by atoms with Gasteiger partial charge in [0.25, 0.3) is 6.29 Å². The number of rotatable bonds is 4. The summed E-state index contributed by atoms with van der Waals surface area (Å²) < 4.78 is 15.1. The number of esters is 1. The van der Waals surface area contributed by atoms with E-state index in [0.717, 1.165) is 25.7 Å². The summed E-state index contributed by atoms with van der Waals surface area (Å²) in [4.78, 5) is 22.4. The maximum absolute atomic E-state index is 11.6. The molecule has 0 N–H and O–H groups in total. The van der Waals surface area contributed by atoms with E-state index in [4.69, 9.17) is 14.2 Å². The summed E-state index contributed by atoms with van der Waals surface area (Å²) >= 11 is 0. The Morgan fingerprint density at radius 2 is 1.67 bits per heavy atom. The van der Waals surface area contributed by atoms with Crippen LogP contribution in [0.25, 0.3) is 0 Å². The van der Waals surface area contributed by atoms with Crippen molar-refractivity contribution in [1.82, 2.24) is 0 Å². The third-order valence-electron chi connectivity index (χ3n) is 2.85. The van der Waals surface area contributed by atoms with Gasteiger partial charge in [-0.25, -0.2) is 4.79 Å². The first-order valence-corrected chi connectivity index (χ1v) is 6.53. The van der Waals surface area contributed by atoms with Gasteiger partial charge in [0.1, 0.15) is 6.10 Å². The zero-order valence-electron chi connectivity index (χ0n) is 11.3. The molecule has 0 spiro atoms. The molecule has 1 aliphatic carbocycles. The molecule has 1 atom stereocenters. The van der Waals surface area contributed by atoms with Crippen molar-refractivity contribution in [3.8, 4) is 0 Å². The summed E-state index contributed by atoms with van der Waals surface area (Å²) in [5.41, 5.74) is 0. The molecule has 1 fully saturated rings. The van der Waals surface area contributed by atoms with Crippen molar-refractivity contribution >= 4 is 12.1 Å². The highest BCUT2D eigenvalue weighted by atomic mass is 16.8. The molecule has 0 saturated heterocycles. The zero-order chi connectivity index (χ0) is 13.5. The van der Waals surface area contributed by atoms with Gasteiger partial charge in [0.2, 0.25) is 0 Å². The van der Waals surface area contributed by atoms with Gasteiger partial charge < -0.3 is 14.2 Å². The Hall–Kier alpha value is -1.26. The number of ether oxygens (including phenoxy) is 3. The molecule has 0 aliphatic heterocycles. The highest BCUT2D eigenvalue weighted by Gasteiger charge is 2.25. The number of carbonyl (C=O) groups is 2. The van der Waals surface area contributed by atoms with Gasteiger partial charge in [-0.15, -0.1) is 0 Å². The predicted molar refractivity (Wildman–Crippen MR) is 64.8 cm³/mol. The van der Waals surface area contributed by atoms with Crippen molar-refractivity contribution in [3.05, 3.63) is 0 Å². The van der Waals surface area contributed by atoms with Crippen LogP contribution < -0.4 is 0 Å². The first kappa shape index (κ1) is 14.8. The summed E-state index contributed by atoms with van der Waals surface area (Å²) in [5, 5.41) is 0. The lowest BCUT2D eigenvalue weighted by Gasteiger charge is -2.24. The van der Waals surface area contributed by atoms with Crippen LogP contribution in [0.15, 0.2) is 0 Å². The second kappa shape index (κ2) is 7.24. The van der Waals surface area contributed by atoms with Gasteiger partial charge in [0.05, 0.1) is 0 Å². The Bertz CT molecular complexity index is 281. The van der Waals surface area contributed by atoms with Gasteiger partial charge in [0, 0.05) is 12.8 Å². The molecule has 0 aromatic rings. The van der Waals surface area contributed by atoms with Crippen molar-refractivity contribution in [2.24, 2.45) is 5.92 Å². The van der Waals surface area contributed by atoms with Gasteiger partial charge in [-0.05, 0) is 25.7 Å². The first-order chi connectivity index (χ1) is 8.49. The van der Waals surface area contributed by atoms with Crippen LogP contribution in [0.5, 0.6) is 0 Å². The van der Waals surface area contributed by atoms with E-state index < -0.39 is 18.4 Å². The van der Waals surface area contributed by atoms with Crippen LogP contribution >= 0.6 is 0 Å². The summed E-state index contributed by atoms with van der Waals surface area (Å²) in [7, 11) is 0. The number of carbonyl (C=O) groups excluding carboxylic acids is 2. The molecule has 0 heterocycles. The molecular formula is C13H22O5. The fourth-order valence-corrected chi connectivity index (χ4v) is 1.90. The summed E-state index contributed by atoms with van der Waals surface area (Å²) in [6.07, 6.45) is 3.43. The van der Waals surface area contributed by atoms with Crippen LogP contribution in [0, 0.1) is 5.92 Å². The van der Waals surface area contributed by atoms with Crippen LogP contribution in [-0.2, 0) is 19.0 Å². The zero-order valence-corrected chi connectivity index (χ0v) is 11.3. The van der Waals surface area contributed by atoms with E-state index in [2.05, 4.69) is 0 Å². The smallest absolute Gasteiger partial charge is 0.431 e. The van der Waals surface area contributed by atoms with Gasteiger partial charge >= 0.3 is 12.1 Å². The minimum atomic E-state index is -0.876. The molecule has 0 aromatic carbocycles. The Morgan fingerprint density at radius 3 is 2.17 bits per heavy atom. The fourth-order valence-electron chi connectivity index (χ4n) is 1.90. The maximum atomic E-state index is 11.6. The van der Waals surface area contributed by atoms with E-state index in [9.17, 15) is 9.59 Å². The lowest BCUT2D eigenvalue weighted by Crippen LogP contribution is -2.31. The molecule has 1 saturated carbocycles. The lowest BCUT2D eigenvalue weighted by atomic mass is 9.98. The minimum absolute atomic E-state index is 0.0589. The molecule has 0 radical (unpaired) electrons. The average Bonchev–Trinajstić information content (AvgIpc) is 2.28. The van der Waals surface area contributed by atoms with E-state index >= 15 is 0 Å². The molecule has 104 valence electrons. The second-order valence-electron chi connectivity index (χ2n) is 4.97. The van der Waals surface area contributed by atoms with Crippen LogP contribution in [0.2, 0.25) is 0 Å². The Kier molecular flexibility index (Phi) is 5.95. The van der Waals surface area contributed by atoms with Crippen molar-refractivity contribution in [2.45, 2.75) is 65.3 Å². The average molecular weight is 258 g/mol. The van der Waals surface area contributed by atoms with Gasteiger partial charge in [-0.2, -0.15) is 0 Å². The molecule has 0 unspecified atom stereocenters. The van der Waals surface area contributed by atoms with E-state index in [1.165, 1.54) is 13.3 Å². The molecule has 5 heteroatoms. The van der Waals surface area contributed by atoms with Crippen molar-refractivity contribution < 1.29 is 23.8 Å². The molecule has 1 rings (SSSR count). The SMILES string of the molecule is CC(=O)O[C@H](OC(=O)OC1CCCCC1)C(C)C. The number of hydrogen-bond acceptors (Lipinski definition) is 5. The third kappa shape index (κ3) is 5.38. The van der Waals surface area contributed by atoms with Crippen LogP contribution in [-0.4, -0.2) is 24.5 Å². The molecular weight excluding hydrogens is 236 g/mol. The monoisotopic (exact) mass is 258 g/mol. The molecule has 0 aromatic heterocycles. The van der Waals surface area contributed by atoms with Gasteiger partial charge in [-0.3, -0.25) is 4.79 Å². The van der Waals surface area contributed by atoms with Crippen molar-refractivity contribution in [2.75, 3.05) is 0 Å². The van der Waals surface area contributed by atoms with E-state index in [-0.39, 0.29) is 12.0 Å². The quantitative estimate of drug-likeness (QED) is 0.573. The molecule has 18 heavy (non-hydrogen) atoms. The molecule has 1 aliphatic rings. The van der Waals surface area contributed by atoms with Gasteiger partial charge in [-0.1, -0.05) is 20.3 Å². The highest BCUT2D eigenvalue weighted by Crippen LogP contribution is 2.21. The van der Waals surface area contributed by atoms with Gasteiger partial charge in [0.15, 0.2) is 0 Å². The molecule has 0 bridgehead atoms. The van der Waals surface area contributed by atoms with Crippen molar-refractivity contribution in [3.63, 3.8) is 0 Å². The van der Waals surface area contributed by atoms with E-state index in [0.29, 0.717) is 0 Å². The first-order valence-electron chi connectivity index (χ1n) is 6.53. The predicted octanol–water partition coefficient (Wildman–Crippen LogP) is 3.02. The summed E-state index contributed by atoms with van der Waals surface area (Å²) in [6, 6.07) is 0. The molecule has 5 nitrogen and oxygen atoms in total. The maximum Gasteiger partial charge on any atom is 0.511 e. The standard InChI is InChI=1S/C13H22O5/c1-9(2)12(16-10(3)14)18-13(15)17-11-7-5-4-6-8-11/h9,11-12H,4-8H2,1-3H3/t12-/m1/s1. The normalized spacial score (nSPS) is 18.2. The van der Waals surface area contributed by atoms with E-state index in [1.807, 2.05) is 13.8 Å².